The van der Waals surface area contributed by atoms with E-state index in [9.17, 15) is 4.79 Å². The van der Waals surface area contributed by atoms with E-state index in [1.807, 2.05) is 0 Å². The Morgan fingerprint density at radius 1 is 0.455 bits per heavy atom. The first-order valence-corrected chi connectivity index (χ1v) is 15.2. The van der Waals surface area contributed by atoms with Gasteiger partial charge in [-0.3, -0.25) is 9.69 Å². The number of nitrogens with two attached hydrogens (primary N) is 1. The van der Waals surface area contributed by atoms with Gasteiger partial charge in [-0.2, -0.15) is 0 Å². The molecule has 0 spiro atoms. The molecule has 0 unspecified atom stereocenters. The van der Waals surface area contributed by atoms with Gasteiger partial charge in [-0.15, -0.1) is 0 Å². The van der Waals surface area contributed by atoms with Crippen molar-refractivity contribution in [1.82, 2.24) is 4.90 Å². The van der Waals surface area contributed by atoms with Crippen LogP contribution in [0.25, 0.3) is 0 Å². The number of unbranched alkanes of at least 4 members (excludes halogenated alkanes) is 22. The number of rotatable bonds is 28. The summed E-state index contributed by atoms with van der Waals surface area (Å²) < 4.78 is 0. The van der Waals surface area contributed by atoms with Crippen molar-refractivity contribution in [3.63, 3.8) is 0 Å². The molecule has 0 saturated heterocycles. The Morgan fingerprint density at radius 3 is 0.939 bits per heavy atom. The molecule has 0 atom stereocenters. The molecule has 0 aliphatic carbocycles. The summed E-state index contributed by atoms with van der Waals surface area (Å²) in [5.74, 6) is -0.173. The topological polar surface area (TPSA) is 46.3 Å². The summed E-state index contributed by atoms with van der Waals surface area (Å²) in [4.78, 5) is 13.7. The van der Waals surface area contributed by atoms with E-state index in [4.69, 9.17) is 5.73 Å². The van der Waals surface area contributed by atoms with Crippen LogP contribution in [0.15, 0.2) is 0 Å². The van der Waals surface area contributed by atoms with Crippen LogP contribution in [-0.4, -0.2) is 30.4 Å². The SMILES string of the molecule is CCCCCCCCCCCCCCN(CCCCCCCCCCCCCC)CC(N)=O. The Bertz CT molecular complexity index is 357. The van der Waals surface area contributed by atoms with Gasteiger partial charge >= 0.3 is 0 Å². The van der Waals surface area contributed by atoms with Crippen LogP contribution >= 0.6 is 0 Å². The fraction of sp³-hybridized carbons (Fsp3) is 0.967. The van der Waals surface area contributed by atoms with E-state index in [0.29, 0.717) is 6.54 Å². The molecular weight excluding hydrogens is 404 g/mol. The van der Waals surface area contributed by atoms with E-state index in [-0.39, 0.29) is 5.91 Å². The zero-order chi connectivity index (χ0) is 24.2. The average molecular weight is 467 g/mol. The van der Waals surface area contributed by atoms with Crippen molar-refractivity contribution < 1.29 is 4.79 Å². The Hall–Kier alpha value is -0.570. The number of nitrogens with zero attached hydrogens (tertiary/aromatic N) is 1. The van der Waals surface area contributed by atoms with E-state index in [1.54, 1.807) is 0 Å². The van der Waals surface area contributed by atoms with Crippen molar-refractivity contribution in [2.24, 2.45) is 5.73 Å². The summed E-state index contributed by atoms with van der Waals surface area (Å²) in [7, 11) is 0. The largest absolute Gasteiger partial charge is 0.369 e. The minimum atomic E-state index is -0.173. The van der Waals surface area contributed by atoms with Gasteiger partial charge in [0.05, 0.1) is 6.54 Å². The predicted molar refractivity (Wildman–Crippen MR) is 148 cm³/mol. The second-order valence-corrected chi connectivity index (χ2v) is 10.5. The first-order valence-electron chi connectivity index (χ1n) is 15.2. The molecule has 0 aromatic rings. The van der Waals surface area contributed by atoms with Crippen LogP contribution in [0.3, 0.4) is 0 Å². The molecule has 0 aromatic carbocycles. The molecular formula is C30H62N2O. The predicted octanol–water partition coefficient (Wildman–Crippen LogP) is 9.18. The molecule has 1 amide bonds. The van der Waals surface area contributed by atoms with E-state index in [0.717, 1.165) is 13.1 Å². The molecule has 198 valence electrons. The molecule has 33 heavy (non-hydrogen) atoms. The van der Waals surface area contributed by atoms with Crippen molar-refractivity contribution in [2.75, 3.05) is 19.6 Å². The molecule has 0 aliphatic rings. The lowest BCUT2D eigenvalue weighted by atomic mass is 10.0. The molecule has 0 heterocycles. The van der Waals surface area contributed by atoms with Gasteiger partial charge in [-0.1, -0.05) is 155 Å². The summed E-state index contributed by atoms with van der Waals surface area (Å²) in [6.07, 6.45) is 33.0. The van der Waals surface area contributed by atoms with Gasteiger partial charge in [0, 0.05) is 0 Å². The van der Waals surface area contributed by atoms with Crippen LogP contribution in [-0.2, 0) is 4.79 Å². The monoisotopic (exact) mass is 466 g/mol. The van der Waals surface area contributed by atoms with Crippen LogP contribution < -0.4 is 5.73 Å². The van der Waals surface area contributed by atoms with Crippen molar-refractivity contribution >= 4 is 5.91 Å². The maximum atomic E-state index is 11.4. The van der Waals surface area contributed by atoms with Crippen LogP contribution in [0, 0.1) is 0 Å². The molecule has 0 bridgehead atoms. The van der Waals surface area contributed by atoms with E-state index < -0.39 is 0 Å². The van der Waals surface area contributed by atoms with Crippen LogP contribution in [0.5, 0.6) is 0 Å². The minimum absolute atomic E-state index is 0.173. The normalized spacial score (nSPS) is 11.5. The average Bonchev–Trinajstić information content (AvgIpc) is 2.80. The third-order valence-electron chi connectivity index (χ3n) is 7.04. The Morgan fingerprint density at radius 2 is 0.697 bits per heavy atom. The van der Waals surface area contributed by atoms with Crippen molar-refractivity contribution in [1.29, 1.82) is 0 Å². The molecule has 0 rings (SSSR count). The number of hydrogen-bond acceptors (Lipinski definition) is 2. The van der Waals surface area contributed by atoms with Gasteiger partial charge in [0.25, 0.3) is 0 Å². The lowest BCUT2D eigenvalue weighted by Gasteiger charge is -2.20. The smallest absolute Gasteiger partial charge is 0.231 e. The first kappa shape index (κ1) is 32.4. The van der Waals surface area contributed by atoms with Crippen LogP contribution in [0.1, 0.15) is 168 Å². The molecule has 0 saturated carbocycles. The first-order chi connectivity index (χ1) is 16.2. The second-order valence-electron chi connectivity index (χ2n) is 10.5. The highest BCUT2D eigenvalue weighted by molar-refractivity contribution is 5.75. The van der Waals surface area contributed by atoms with Crippen molar-refractivity contribution in [2.45, 2.75) is 168 Å². The molecule has 0 fully saturated rings. The minimum Gasteiger partial charge on any atom is -0.369 e. The fourth-order valence-electron chi connectivity index (χ4n) is 4.84. The van der Waals surface area contributed by atoms with Crippen molar-refractivity contribution in [3.05, 3.63) is 0 Å². The summed E-state index contributed by atoms with van der Waals surface area (Å²) in [6, 6.07) is 0. The van der Waals surface area contributed by atoms with Crippen molar-refractivity contribution in [3.8, 4) is 0 Å². The van der Waals surface area contributed by atoms with E-state index in [2.05, 4.69) is 18.7 Å². The van der Waals surface area contributed by atoms with E-state index in [1.165, 1.54) is 154 Å². The lowest BCUT2D eigenvalue weighted by molar-refractivity contribution is -0.119. The van der Waals surface area contributed by atoms with Gasteiger partial charge in [0.1, 0.15) is 0 Å². The van der Waals surface area contributed by atoms with E-state index >= 15 is 0 Å². The molecule has 2 N–H and O–H groups in total. The number of carbonyl (C=O) groups excluding carboxylic acids is 1. The molecule has 3 heteroatoms. The third-order valence-corrected chi connectivity index (χ3v) is 7.04. The summed E-state index contributed by atoms with van der Waals surface area (Å²) in [6.45, 7) is 7.09. The fourth-order valence-corrected chi connectivity index (χ4v) is 4.84. The highest BCUT2D eigenvalue weighted by Crippen LogP contribution is 2.14. The highest BCUT2D eigenvalue weighted by Gasteiger charge is 2.07. The number of primary amides is 1. The third kappa shape index (κ3) is 27.6. The number of hydrogen-bond donors (Lipinski definition) is 1. The van der Waals surface area contributed by atoms with Gasteiger partial charge in [-0.25, -0.2) is 0 Å². The van der Waals surface area contributed by atoms with Gasteiger partial charge in [0.2, 0.25) is 5.91 Å². The van der Waals surface area contributed by atoms with Crippen LogP contribution in [0.4, 0.5) is 0 Å². The summed E-state index contributed by atoms with van der Waals surface area (Å²) >= 11 is 0. The maximum absolute atomic E-state index is 11.4. The Labute approximate surface area is 209 Å². The van der Waals surface area contributed by atoms with Gasteiger partial charge < -0.3 is 5.73 Å². The Kier molecular flexibility index (Phi) is 27.2. The standard InChI is InChI=1S/C30H62N2O/c1-3-5-7-9-11-13-15-17-19-21-23-25-27-32(29-30(31)33)28-26-24-22-20-18-16-14-12-10-8-6-4-2/h3-29H2,1-2H3,(H2,31,33). The molecule has 3 nitrogen and oxygen atoms in total. The number of carbonyl (C=O) groups is 1. The molecule has 0 aliphatic heterocycles. The van der Waals surface area contributed by atoms with Gasteiger partial charge in [-0.05, 0) is 25.9 Å². The summed E-state index contributed by atoms with van der Waals surface area (Å²) in [5.41, 5.74) is 5.49. The van der Waals surface area contributed by atoms with Gasteiger partial charge in [0.15, 0.2) is 0 Å². The summed E-state index contributed by atoms with van der Waals surface area (Å²) in [5, 5.41) is 0. The second kappa shape index (κ2) is 27.7. The zero-order valence-electron chi connectivity index (χ0n) is 23.0. The highest BCUT2D eigenvalue weighted by atomic mass is 16.1. The number of amides is 1. The maximum Gasteiger partial charge on any atom is 0.231 e. The molecule has 0 aromatic heterocycles. The molecule has 0 radical (unpaired) electrons. The zero-order valence-corrected chi connectivity index (χ0v) is 23.0. The Balaban J connectivity index is 3.52. The van der Waals surface area contributed by atoms with Crippen LogP contribution in [0.2, 0.25) is 0 Å². The quantitative estimate of drug-likeness (QED) is 0.117. The lowest BCUT2D eigenvalue weighted by Crippen LogP contribution is -2.35.